The van der Waals surface area contributed by atoms with Crippen molar-refractivity contribution in [3.05, 3.63) is 0 Å². The van der Waals surface area contributed by atoms with Crippen LogP contribution in [0.3, 0.4) is 0 Å². The molecule has 0 radical (unpaired) electrons. The highest BCUT2D eigenvalue weighted by Crippen LogP contribution is 2.25. The Balaban J connectivity index is 1.66. The normalized spacial score (nSPS) is 21.0. The summed E-state index contributed by atoms with van der Waals surface area (Å²) in [6, 6.07) is 0.0286. The lowest BCUT2D eigenvalue weighted by Crippen LogP contribution is -2.51. The molecule has 0 aromatic heterocycles. The maximum atomic E-state index is 12.1. The highest BCUT2D eigenvalue weighted by atomic mass is 16.2. The first-order valence-corrected chi connectivity index (χ1v) is 8.70. The second-order valence-corrected chi connectivity index (χ2v) is 7.84. The monoisotopic (exact) mass is 309 g/mol. The van der Waals surface area contributed by atoms with Crippen molar-refractivity contribution in [1.29, 1.82) is 0 Å². The number of urea groups is 1. The molecule has 1 saturated heterocycles. The van der Waals surface area contributed by atoms with Crippen LogP contribution in [0.2, 0.25) is 0 Å². The van der Waals surface area contributed by atoms with Crippen LogP contribution in [0.5, 0.6) is 0 Å². The standard InChI is InChI=1S/C17H31N3O2/c1-17(2,3)19-16(22)20-10-8-13(9-11-20)12-18-15(21)14-6-4-5-7-14/h13-14H,4-12H2,1-3H3,(H,18,21)(H,19,22). The Labute approximate surface area is 134 Å². The second kappa shape index (κ2) is 7.34. The summed E-state index contributed by atoms with van der Waals surface area (Å²) in [6.45, 7) is 8.32. The van der Waals surface area contributed by atoms with Gasteiger partial charge in [0, 0.05) is 31.1 Å². The number of nitrogens with one attached hydrogen (secondary N) is 2. The Morgan fingerprint density at radius 3 is 2.18 bits per heavy atom. The maximum absolute atomic E-state index is 12.1. The molecule has 1 saturated carbocycles. The molecule has 2 fully saturated rings. The zero-order valence-electron chi connectivity index (χ0n) is 14.3. The van der Waals surface area contributed by atoms with Gasteiger partial charge in [0.1, 0.15) is 0 Å². The minimum atomic E-state index is -0.191. The SMILES string of the molecule is CC(C)(C)NC(=O)N1CCC(CNC(=O)C2CCCC2)CC1. The Kier molecular flexibility index (Phi) is 5.70. The summed E-state index contributed by atoms with van der Waals surface area (Å²) in [5.41, 5.74) is -0.191. The van der Waals surface area contributed by atoms with E-state index < -0.39 is 0 Å². The fourth-order valence-electron chi connectivity index (χ4n) is 3.32. The van der Waals surface area contributed by atoms with Gasteiger partial charge in [-0.3, -0.25) is 4.79 Å². The molecule has 1 aliphatic heterocycles. The Morgan fingerprint density at radius 2 is 1.64 bits per heavy atom. The zero-order chi connectivity index (χ0) is 16.2. The van der Waals surface area contributed by atoms with Crippen LogP contribution in [0.15, 0.2) is 0 Å². The van der Waals surface area contributed by atoms with Crippen LogP contribution < -0.4 is 10.6 Å². The van der Waals surface area contributed by atoms with Crippen LogP contribution in [-0.4, -0.2) is 42.0 Å². The van der Waals surface area contributed by atoms with Crippen molar-refractivity contribution in [2.24, 2.45) is 11.8 Å². The van der Waals surface area contributed by atoms with Crippen molar-refractivity contribution >= 4 is 11.9 Å². The van der Waals surface area contributed by atoms with Crippen molar-refractivity contribution < 1.29 is 9.59 Å². The van der Waals surface area contributed by atoms with Gasteiger partial charge in [-0.1, -0.05) is 12.8 Å². The molecule has 126 valence electrons. The molecule has 2 rings (SSSR count). The summed E-state index contributed by atoms with van der Waals surface area (Å²) in [5, 5.41) is 6.13. The summed E-state index contributed by atoms with van der Waals surface area (Å²) in [7, 11) is 0. The Bertz CT molecular complexity index is 389. The lowest BCUT2D eigenvalue weighted by atomic mass is 9.96. The first-order chi connectivity index (χ1) is 10.3. The lowest BCUT2D eigenvalue weighted by molar-refractivity contribution is -0.125. The number of nitrogens with zero attached hydrogens (tertiary/aromatic N) is 1. The molecule has 0 aromatic rings. The molecule has 1 aliphatic carbocycles. The minimum Gasteiger partial charge on any atom is -0.356 e. The van der Waals surface area contributed by atoms with Crippen LogP contribution in [0.25, 0.3) is 0 Å². The van der Waals surface area contributed by atoms with Gasteiger partial charge in [0.05, 0.1) is 0 Å². The first-order valence-electron chi connectivity index (χ1n) is 8.70. The van der Waals surface area contributed by atoms with Gasteiger partial charge in [0.15, 0.2) is 0 Å². The molecule has 0 bridgehead atoms. The van der Waals surface area contributed by atoms with E-state index in [9.17, 15) is 9.59 Å². The van der Waals surface area contributed by atoms with Crippen LogP contribution in [0.4, 0.5) is 4.79 Å². The fourth-order valence-corrected chi connectivity index (χ4v) is 3.32. The molecule has 22 heavy (non-hydrogen) atoms. The summed E-state index contributed by atoms with van der Waals surface area (Å²) in [6.07, 6.45) is 6.44. The van der Waals surface area contributed by atoms with Gasteiger partial charge in [0.25, 0.3) is 0 Å². The first kappa shape index (κ1) is 17.1. The average molecular weight is 309 g/mol. The van der Waals surface area contributed by atoms with E-state index in [-0.39, 0.29) is 23.4 Å². The van der Waals surface area contributed by atoms with Gasteiger partial charge in [-0.2, -0.15) is 0 Å². The summed E-state index contributed by atoms with van der Waals surface area (Å²) < 4.78 is 0. The van der Waals surface area contributed by atoms with Crippen molar-refractivity contribution in [1.82, 2.24) is 15.5 Å². The quantitative estimate of drug-likeness (QED) is 0.841. The number of rotatable bonds is 3. The third kappa shape index (κ3) is 5.18. The third-order valence-electron chi connectivity index (χ3n) is 4.67. The number of hydrogen-bond acceptors (Lipinski definition) is 2. The third-order valence-corrected chi connectivity index (χ3v) is 4.67. The van der Waals surface area contributed by atoms with E-state index in [1.807, 2.05) is 25.7 Å². The Hall–Kier alpha value is -1.26. The van der Waals surface area contributed by atoms with Crippen molar-refractivity contribution in [3.8, 4) is 0 Å². The smallest absolute Gasteiger partial charge is 0.317 e. The van der Waals surface area contributed by atoms with Gasteiger partial charge in [0.2, 0.25) is 5.91 Å². The summed E-state index contributed by atoms with van der Waals surface area (Å²) >= 11 is 0. The van der Waals surface area contributed by atoms with Crippen LogP contribution in [0, 0.1) is 11.8 Å². The predicted octanol–water partition coefficient (Wildman–Crippen LogP) is 2.51. The van der Waals surface area contributed by atoms with Gasteiger partial charge in [-0.05, 0) is 52.4 Å². The van der Waals surface area contributed by atoms with Crippen molar-refractivity contribution in [3.63, 3.8) is 0 Å². The van der Waals surface area contributed by atoms with Crippen LogP contribution in [0.1, 0.15) is 59.3 Å². The van der Waals surface area contributed by atoms with E-state index >= 15 is 0 Å². The van der Waals surface area contributed by atoms with Crippen LogP contribution >= 0.6 is 0 Å². The molecule has 1 heterocycles. The van der Waals surface area contributed by atoms with Gasteiger partial charge >= 0.3 is 6.03 Å². The molecule has 3 amide bonds. The van der Waals surface area contributed by atoms with Gasteiger partial charge in [-0.15, -0.1) is 0 Å². The average Bonchev–Trinajstić information content (AvgIpc) is 2.97. The molecule has 2 aliphatic rings. The fraction of sp³-hybridized carbons (Fsp3) is 0.882. The molecule has 0 atom stereocenters. The topological polar surface area (TPSA) is 61.4 Å². The largest absolute Gasteiger partial charge is 0.356 e. The number of amides is 3. The molecule has 5 nitrogen and oxygen atoms in total. The van der Waals surface area contributed by atoms with E-state index in [2.05, 4.69) is 10.6 Å². The molecule has 0 spiro atoms. The predicted molar refractivity (Wildman–Crippen MR) is 87.5 cm³/mol. The summed E-state index contributed by atoms with van der Waals surface area (Å²) in [5.74, 6) is 0.993. The molecule has 5 heteroatoms. The molecule has 0 unspecified atom stereocenters. The van der Waals surface area contributed by atoms with Crippen LogP contribution in [-0.2, 0) is 4.79 Å². The molecule has 2 N–H and O–H groups in total. The molecule has 0 aromatic carbocycles. The summed E-state index contributed by atoms with van der Waals surface area (Å²) in [4.78, 5) is 26.0. The highest BCUT2D eigenvalue weighted by molar-refractivity contribution is 5.78. The van der Waals surface area contributed by atoms with E-state index in [1.54, 1.807) is 0 Å². The minimum absolute atomic E-state index is 0.0286. The zero-order valence-corrected chi connectivity index (χ0v) is 14.3. The van der Waals surface area contributed by atoms with E-state index in [1.165, 1.54) is 12.8 Å². The van der Waals surface area contributed by atoms with Gasteiger partial charge < -0.3 is 15.5 Å². The number of hydrogen-bond donors (Lipinski definition) is 2. The van der Waals surface area contributed by atoms with E-state index in [0.717, 1.165) is 45.3 Å². The van der Waals surface area contributed by atoms with E-state index in [4.69, 9.17) is 0 Å². The number of carbonyl (C=O) groups is 2. The highest BCUT2D eigenvalue weighted by Gasteiger charge is 2.27. The van der Waals surface area contributed by atoms with Crippen molar-refractivity contribution in [2.75, 3.05) is 19.6 Å². The number of carbonyl (C=O) groups excluding carboxylic acids is 2. The molecular weight excluding hydrogens is 278 g/mol. The van der Waals surface area contributed by atoms with Gasteiger partial charge in [-0.25, -0.2) is 4.79 Å². The number of piperidine rings is 1. The van der Waals surface area contributed by atoms with Crippen molar-refractivity contribution in [2.45, 2.75) is 64.8 Å². The van der Waals surface area contributed by atoms with E-state index in [0.29, 0.717) is 5.92 Å². The molecular formula is C17H31N3O2. The Morgan fingerprint density at radius 1 is 1.05 bits per heavy atom. The number of likely N-dealkylation sites (tertiary alicyclic amines) is 1. The lowest BCUT2D eigenvalue weighted by Gasteiger charge is -2.34. The second-order valence-electron chi connectivity index (χ2n) is 7.84. The maximum Gasteiger partial charge on any atom is 0.317 e.